The van der Waals surface area contributed by atoms with Gasteiger partial charge in [0.05, 0.1) is 10.5 Å². The molecule has 9 heteroatoms. The molecule has 1 aliphatic rings. The van der Waals surface area contributed by atoms with Crippen LogP contribution >= 0.6 is 0 Å². The van der Waals surface area contributed by atoms with Crippen LogP contribution in [0.15, 0.2) is 47.4 Å². The average molecular weight is 384 g/mol. The maximum atomic E-state index is 12.6. The Bertz CT molecular complexity index is 954. The molecule has 0 fully saturated rings. The van der Waals surface area contributed by atoms with Crippen LogP contribution in [0.2, 0.25) is 0 Å². The van der Waals surface area contributed by atoms with E-state index < -0.39 is 27.7 Å². The number of amides is 1. The largest absolute Gasteiger partial charge is 0.416 e. The molecule has 3 rings (SSSR count). The minimum Gasteiger partial charge on any atom is -0.334 e. The van der Waals surface area contributed by atoms with Crippen molar-refractivity contribution in [3.8, 4) is 0 Å². The molecular weight excluding hydrogens is 369 g/mol. The lowest BCUT2D eigenvalue weighted by Gasteiger charge is -2.29. The van der Waals surface area contributed by atoms with Gasteiger partial charge in [-0.05, 0) is 53.9 Å². The van der Waals surface area contributed by atoms with Crippen LogP contribution < -0.4 is 5.14 Å². The van der Waals surface area contributed by atoms with Crippen LogP contribution in [-0.2, 0) is 29.2 Å². The Kier molecular flexibility index (Phi) is 4.53. The fourth-order valence-electron chi connectivity index (χ4n) is 2.87. The minimum absolute atomic E-state index is 0.0416. The number of carbonyl (C=O) groups excluding carboxylic acids is 1. The van der Waals surface area contributed by atoms with Crippen LogP contribution in [0.1, 0.15) is 27.0 Å². The summed E-state index contributed by atoms with van der Waals surface area (Å²) in [6.07, 6.45) is -3.94. The van der Waals surface area contributed by atoms with E-state index in [4.69, 9.17) is 5.14 Å². The zero-order valence-corrected chi connectivity index (χ0v) is 14.3. The molecule has 0 aliphatic carbocycles. The third kappa shape index (κ3) is 3.73. The SMILES string of the molecule is NS(=O)(=O)c1ccc2c(c1)CN(C(=O)c1ccc(C(F)(F)F)cc1)CC2. The van der Waals surface area contributed by atoms with Crippen LogP contribution in [0.3, 0.4) is 0 Å². The number of halogens is 3. The van der Waals surface area contributed by atoms with Crippen molar-refractivity contribution in [2.24, 2.45) is 5.14 Å². The van der Waals surface area contributed by atoms with E-state index in [1.54, 1.807) is 6.07 Å². The molecular formula is C17H15F3N2O3S. The number of rotatable bonds is 2. The van der Waals surface area contributed by atoms with E-state index in [9.17, 15) is 26.4 Å². The molecule has 2 aromatic carbocycles. The molecule has 1 aliphatic heterocycles. The summed E-state index contributed by atoms with van der Waals surface area (Å²) in [5, 5.41) is 5.12. The summed E-state index contributed by atoms with van der Waals surface area (Å²) in [7, 11) is -3.85. The van der Waals surface area contributed by atoms with E-state index >= 15 is 0 Å². The molecule has 0 atom stereocenters. The summed E-state index contributed by atoms with van der Waals surface area (Å²) >= 11 is 0. The maximum Gasteiger partial charge on any atom is 0.416 e. The Morgan fingerprint density at radius 3 is 2.27 bits per heavy atom. The molecule has 0 unspecified atom stereocenters. The van der Waals surface area contributed by atoms with Gasteiger partial charge in [0, 0.05) is 18.7 Å². The summed E-state index contributed by atoms with van der Waals surface area (Å²) < 4.78 is 60.8. The number of sulfonamides is 1. The van der Waals surface area contributed by atoms with Crippen molar-refractivity contribution in [3.63, 3.8) is 0 Å². The zero-order valence-electron chi connectivity index (χ0n) is 13.5. The van der Waals surface area contributed by atoms with E-state index in [-0.39, 0.29) is 17.0 Å². The lowest BCUT2D eigenvalue weighted by atomic mass is 9.99. The van der Waals surface area contributed by atoms with Gasteiger partial charge in [0.2, 0.25) is 10.0 Å². The number of hydrogen-bond acceptors (Lipinski definition) is 3. The predicted molar refractivity (Wildman–Crippen MR) is 87.7 cm³/mol. The third-order valence-electron chi connectivity index (χ3n) is 4.26. The smallest absolute Gasteiger partial charge is 0.334 e. The summed E-state index contributed by atoms with van der Waals surface area (Å²) in [6, 6.07) is 8.52. The molecule has 26 heavy (non-hydrogen) atoms. The molecule has 0 bridgehead atoms. The average Bonchev–Trinajstić information content (AvgIpc) is 2.58. The van der Waals surface area contributed by atoms with Gasteiger partial charge in [-0.2, -0.15) is 13.2 Å². The number of benzene rings is 2. The number of nitrogens with two attached hydrogens (primary N) is 1. The van der Waals surface area contributed by atoms with Crippen molar-refractivity contribution in [2.75, 3.05) is 6.54 Å². The van der Waals surface area contributed by atoms with Gasteiger partial charge in [-0.25, -0.2) is 13.6 Å². The van der Waals surface area contributed by atoms with Gasteiger partial charge in [-0.1, -0.05) is 6.07 Å². The Morgan fingerprint density at radius 2 is 1.69 bits per heavy atom. The highest BCUT2D eigenvalue weighted by Crippen LogP contribution is 2.29. The molecule has 0 radical (unpaired) electrons. The molecule has 0 saturated heterocycles. The van der Waals surface area contributed by atoms with Crippen LogP contribution in [0.4, 0.5) is 13.2 Å². The van der Waals surface area contributed by atoms with Gasteiger partial charge in [0.1, 0.15) is 0 Å². The van der Waals surface area contributed by atoms with Gasteiger partial charge in [0.25, 0.3) is 5.91 Å². The van der Waals surface area contributed by atoms with E-state index in [0.29, 0.717) is 18.5 Å². The predicted octanol–water partition coefficient (Wildman–Crippen LogP) is 2.55. The standard InChI is InChI=1S/C17H15F3N2O3S/c18-17(19,20)14-4-1-12(2-5-14)16(23)22-8-7-11-3-6-15(26(21,24)25)9-13(11)10-22/h1-6,9H,7-8,10H2,(H2,21,24,25). The monoisotopic (exact) mass is 384 g/mol. The first kappa shape index (κ1) is 18.4. The zero-order chi connectivity index (χ0) is 19.1. The van der Waals surface area contributed by atoms with Crippen molar-refractivity contribution in [1.82, 2.24) is 4.90 Å². The summed E-state index contributed by atoms with van der Waals surface area (Å²) in [5.74, 6) is -0.412. The lowest BCUT2D eigenvalue weighted by molar-refractivity contribution is -0.137. The number of carbonyl (C=O) groups is 1. The fraction of sp³-hybridized carbons (Fsp3) is 0.235. The molecule has 1 amide bonds. The van der Waals surface area contributed by atoms with Gasteiger partial charge in [-0.15, -0.1) is 0 Å². The molecule has 0 spiro atoms. The number of alkyl halides is 3. The molecule has 0 aromatic heterocycles. The maximum absolute atomic E-state index is 12.6. The van der Waals surface area contributed by atoms with Crippen molar-refractivity contribution in [2.45, 2.75) is 24.0 Å². The number of fused-ring (bicyclic) bond motifs is 1. The summed E-state index contributed by atoms with van der Waals surface area (Å²) in [5.41, 5.74) is 0.886. The van der Waals surface area contributed by atoms with Crippen molar-refractivity contribution >= 4 is 15.9 Å². The van der Waals surface area contributed by atoms with E-state index in [2.05, 4.69) is 0 Å². The van der Waals surface area contributed by atoms with E-state index in [1.165, 1.54) is 17.0 Å². The second-order valence-corrected chi connectivity index (χ2v) is 7.59. The van der Waals surface area contributed by atoms with Crippen molar-refractivity contribution < 1.29 is 26.4 Å². The highest BCUT2D eigenvalue weighted by Gasteiger charge is 2.30. The Hall–Kier alpha value is -2.39. The normalized spacial score (nSPS) is 14.8. The van der Waals surface area contributed by atoms with Crippen LogP contribution in [-0.4, -0.2) is 25.8 Å². The number of hydrogen-bond donors (Lipinski definition) is 1. The van der Waals surface area contributed by atoms with E-state index in [0.717, 1.165) is 29.8 Å². The molecule has 1 heterocycles. The highest BCUT2D eigenvalue weighted by atomic mass is 32.2. The Balaban J connectivity index is 1.83. The molecule has 2 N–H and O–H groups in total. The second-order valence-electron chi connectivity index (χ2n) is 6.03. The Labute approximate surface area is 148 Å². The second kappa shape index (κ2) is 6.40. The molecule has 5 nitrogen and oxygen atoms in total. The molecule has 138 valence electrons. The first-order valence-corrected chi connectivity index (χ1v) is 9.21. The van der Waals surface area contributed by atoms with Gasteiger partial charge in [-0.3, -0.25) is 4.79 Å². The van der Waals surface area contributed by atoms with Gasteiger partial charge in [0.15, 0.2) is 0 Å². The quantitative estimate of drug-likeness (QED) is 0.864. The fourth-order valence-corrected chi connectivity index (χ4v) is 3.43. The van der Waals surface area contributed by atoms with Crippen LogP contribution in [0, 0.1) is 0 Å². The van der Waals surface area contributed by atoms with Gasteiger partial charge >= 0.3 is 6.18 Å². The summed E-state index contributed by atoms with van der Waals surface area (Å²) in [4.78, 5) is 14.0. The first-order valence-electron chi connectivity index (χ1n) is 7.67. The van der Waals surface area contributed by atoms with Crippen LogP contribution in [0.5, 0.6) is 0 Å². The first-order chi connectivity index (χ1) is 12.1. The van der Waals surface area contributed by atoms with E-state index in [1.807, 2.05) is 0 Å². The molecule has 2 aromatic rings. The topological polar surface area (TPSA) is 80.5 Å². The minimum atomic E-state index is -4.46. The molecule has 0 saturated carbocycles. The summed E-state index contributed by atoms with van der Waals surface area (Å²) in [6.45, 7) is 0.556. The van der Waals surface area contributed by atoms with Crippen LogP contribution in [0.25, 0.3) is 0 Å². The third-order valence-corrected chi connectivity index (χ3v) is 5.18. The Morgan fingerprint density at radius 1 is 1.04 bits per heavy atom. The highest BCUT2D eigenvalue weighted by molar-refractivity contribution is 7.89. The van der Waals surface area contributed by atoms with Crippen molar-refractivity contribution in [1.29, 1.82) is 0 Å². The van der Waals surface area contributed by atoms with Gasteiger partial charge < -0.3 is 4.90 Å². The number of nitrogens with zero attached hydrogens (tertiary/aromatic N) is 1. The number of primary sulfonamides is 1. The van der Waals surface area contributed by atoms with Crippen molar-refractivity contribution in [3.05, 3.63) is 64.7 Å². The lowest BCUT2D eigenvalue weighted by Crippen LogP contribution is -2.36.